The second-order valence-electron chi connectivity index (χ2n) is 7.64. The largest absolute Gasteiger partial charge is 0.352 e. The first-order valence-corrected chi connectivity index (χ1v) is 9.63. The number of fused-ring (bicyclic) bond motifs is 3. The minimum absolute atomic E-state index is 0.0376. The highest BCUT2D eigenvalue weighted by atomic mass is 16.1. The van der Waals surface area contributed by atoms with Gasteiger partial charge in [0.15, 0.2) is 5.65 Å². The fraction of sp³-hybridized carbons (Fsp3) is 0.476. The molecule has 6 nitrogen and oxygen atoms in total. The first-order chi connectivity index (χ1) is 12.9. The Kier molecular flexibility index (Phi) is 5.75. The average molecular weight is 367 g/mol. The van der Waals surface area contributed by atoms with Crippen LogP contribution in [0.25, 0.3) is 16.6 Å². The zero-order valence-electron chi connectivity index (χ0n) is 16.6. The maximum Gasteiger partial charge on any atom is 0.220 e. The van der Waals surface area contributed by atoms with E-state index >= 15 is 0 Å². The number of aryl methyl sites for hydroxylation is 2. The number of carbonyl (C=O) groups is 1. The number of nitrogens with one attached hydrogen (secondary N) is 1. The first-order valence-electron chi connectivity index (χ1n) is 9.63. The van der Waals surface area contributed by atoms with Crippen LogP contribution in [0, 0.1) is 19.8 Å². The molecule has 2 aromatic heterocycles. The van der Waals surface area contributed by atoms with E-state index < -0.39 is 0 Å². The van der Waals surface area contributed by atoms with Crippen LogP contribution in [0.5, 0.6) is 0 Å². The van der Waals surface area contributed by atoms with Gasteiger partial charge in [0.2, 0.25) is 5.91 Å². The molecule has 0 bridgehead atoms. The highest BCUT2D eigenvalue weighted by Crippen LogP contribution is 2.22. The Morgan fingerprint density at radius 2 is 2.00 bits per heavy atom. The lowest BCUT2D eigenvalue weighted by molar-refractivity contribution is -0.121. The van der Waals surface area contributed by atoms with Crippen LogP contribution >= 0.6 is 0 Å². The van der Waals surface area contributed by atoms with Gasteiger partial charge in [0.1, 0.15) is 0 Å². The van der Waals surface area contributed by atoms with E-state index in [1.165, 1.54) is 0 Å². The van der Waals surface area contributed by atoms with Crippen molar-refractivity contribution < 1.29 is 4.79 Å². The summed E-state index contributed by atoms with van der Waals surface area (Å²) < 4.78 is 1.90. The van der Waals surface area contributed by atoms with Crippen LogP contribution in [-0.2, 0) is 11.2 Å². The van der Waals surface area contributed by atoms with Gasteiger partial charge in [-0.25, -0.2) is 9.50 Å². The summed E-state index contributed by atoms with van der Waals surface area (Å²) in [5.41, 5.74) is 10.7. The molecule has 27 heavy (non-hydrogen) atoms. The van der Waals surface area contributed by atoms with E-state index in [1.54, 1.807) is 0 Å². The van der Waals surface area contributed by atoms with Gasteiger partial charge in [-0.2, -0.15) is 5.10 Å². The predicted molar refractivity (Wildman–Crippen MR) is 109 cm³/mol. The summed E-state index contributed by atoms with van der Waals surface area (Å²) in [6.07, 6.45) is 1.96. The van der Waals surface area contributed by atoms with E-state index in [9.17, 15) is 4.79 Å². The SMILES string of the molecule is Cc1nc2c3ccccc3nn2c(C)c1CCC(=O)NC(CN)CC(C)C. The van der Waals surface area contributed by atoms with Crippen molar-refractivity contribution in [1.82, 2.24) is 19.9 Å². The molecule has 6 heteroatoms. The molecule has 1 amide bonds. The Hall–Kier alpha value is -2.47. The molecule has 0 spiro atoms. The minimum atomic E-state index is 0.0376. The van der Waals surface area contributed by atoms with Crippen LogP contribution in [0.4, 0.5) is 0 Å². The molecular formula is C21H29N5O. The third-order valence-corrected chi connectivity index (χ3v) is 5.03. The molecular weight excluding hydrogens is 338 g/mol. The maximum atomic E-state index is 12.4. The van der Waals surface area contributed by atoms with Crippen molar-refractivity contribution in [2.45, 2.75) is 53.0 Å². The van der Waals surface area contributed by atoms with Crippen molar-refractivity contribution in [3.63, 3.8) is 0 Å². The quantitative estimate of drug-likeness (QED) is 0.672. The Labute approximate surface area is 160 Å². The molecule has 1 unspecified atom stereocenters. The monoisotopic (exact) mass is 367 g/mol. The lowest BCUT2D eigenvalue weighted by Crippen LogP contribution is -2.41. The van der Waals surface area contributed by atoms with Crippen molar-refractivity contribution in [3.05, 3.63) is 41.2 Å². The van der Waals surface area contributed by atoms with Gasteiger partial charge in [0, 0.05) is 35.8 Å². The fourth-order valence-corrected chi connectivity index (χ4v) is 3.66. The number of rotatable bonds is 7. The number of aromatic nitrogens is 3. The molecule has 144 valence electrons. The van der Waals surface area contributed by atoms with Gasteiger partial charge >= 0.3 is 0 Å². The topological polar surface area (TPSA) is 85.3 Å². The van der Waals surface area contributed by atoms with Crippen LogP contribution < -0.4 is 11.1 Å². The molecule has 3 N–H and O–H groups in total. The highest BCUT2D eigenvalue weighted by Gasteiger charge is 2.16. The van der Waals surface area contributed by atoms with E-state index in [0.29, 0.717) is 25.3 Å². The number of carbonyl (C=O) groups excluding carboxylic acids is 1. The molecule has 0 aliphatic carbocycles. The maximum absolute atomic E-state index is 12.4. The molecule has 0 saturated heterocycles. The third-order valence-electron chi connectivity index (χ3n) is 5.03. The summed E-state index contributed by atoms with van der Waals surface area (Å²) in [4.78, 5) is 17.2. The molecule has 0 saturated carbocycles. The number of amides is 1. The van der Waals surface area contributed by atoms with Crippen LogP contribution in [-0.4, -0.2) is 33.1 Å². The molecule has 2 heterocycles. The van der Waals surface area contributed by atoms with Gasteiger partial charge in [-0.05, 0) is 50.3 Å². The Morgan fingerprint density at radius 3 is 2.70 bits per heavy atom. The summed E-state index contributed by atoms with van der Waals surface area (Å²) in [7, 11) is 0. The van der Waals surface area contributed by atoms with Crippen molar-refractivity contribution in [2.75, 3.05) is 6.54 Å². The molecule has 3 aromatic rings. The third kappa shape index (κ3) is 4.11. The van der Waals surface area contributed by atoms with Gasteiger partial charge in [0.05, 0.1) is 5.52 Å². The van der Waals surface area contributed by atoms with Crippen molar-refractivity contribution in [1.29, 1.82) is 0 Å². The van der Waals surface area contributed by atoms with Crippen molar-refractivity contribution in [2.24, 2.45) is 11.7 Å². The lowest BCUT2D eigenvalue weighted by atomic mass is 10.0. The number of nitrogens with two attached hydrogens (primary N) is 1. The van der Waals surface area contributed by atoms with Crippen LogP contribution in [0.1, 0.15) is 43.6 Å². The summed E-state index contributed by atoms with van der Waals surface area (Å²) in [5, 5.41) is 8.78. The molecule has 0 aliphatic rings. The lowest BCUT2D eigenvalue weighted by Gasteiger charge is -2.19. The molecule has 0 aliphatic heterocycles. The van der Waals surface area contributed by atoms with Gasteiger partial charge in [-0.1, -0.05) is 26.0 Å². The average Bonchev–Trinajstić information content (AvgIpc) is 2.99. The standard InChI is InChI=1S/C21H29N5O/c1-13(2)11-16(12-22)24-20(27)10-9-17-14(3)23-21-18-7-5-6-8-19(18)25-26(21)15(17)4/h5-8,13,16H,9-12,22H2,1-4H3,(H,24,27). The molecule has 0 radical (unpaired) electrons. The van der Waals surface area contributed by atoms with E-state index in [1.807, 2.05) is 42.6 Å². The molecule has 1 aromatic carbocycles. The Balaban J connectivity index is 1.79. The zero-order chi connectivity index (χ0) is 19.6. The Bertz CT molecular complexity index is 960. The highest BCUT2D eigenvalue weighted by molar-refractivity contribution is 5.92. The summed E-state index contributed by atoms with van der Waals surface area (Å²) in [6, 6.07) is 8.05. The predicted octanol–water partition coefficient (Wildman–Crippen LogP) is 2.92. The number of hydrogen-bond donors (Lipinski definition) is 2. The molecule has 1 atom stereocenters. The van der Waals surface area contributed by atoms with E-state index in [-0.39, 0.29) is 11.9 Å². The molecule has 0 fully saturated rings. The second-order valence-corrected chi connectivity index (χ2v) is 7.64. The van der Waals surface area contributed by atoms with Gasteiger partial charge in [-0.3, -0.25) is 4.79 Å². The van der Waals surface area contributed by atoms with E-state index in [2.05, 4.69) is 24.3 Å². The van der Waals surface area contributed by atoms with Crippen LogP contribution in [0.15, 0.2) is 24.3 Å². The van der Waals surface area contributed by atoms with Gasteiger partial charge < -0.3 is 11.1 Å². The van der Waals surface area contributed by atoms with Gasteiger partial charge in [0.25, 0.3) is 0 Å². The normalized spacial score (nSPS) is 12.8. The second kappa shape index (κ2) is 8.05. The van der Waals surface area contributed by atoms with Gasteiger partial charge in [-0.15, -0.1) is 0 Å². The summed E-state index contributed by atoms with van der Waals surface area (Å²) in [5.74, 6) is 0.541. The Morgan fingerprint density at radius 1 is 1.26 bits per heavy atom. The number of nitrogens with zero attached hydrogens (tertiary/aromatic N) is 3. The zero-order valence-corrected chi connectivity index (χ0v) is 16.6. The number of benzene rings is 1. The molecule has 3 rings (SSSR count). The summed E-state index contributed by atoms with van der Waals surface area (Å²) >= 11 is 0. The minimum Gasteiger partial charge on any atom is -0.352 e. The fourth-order valence-electron chi connectivity index (χ4n) is 3.66. The summed E-state index contributed by atoms with van der Waals surface area (Å²) in [6.45, 7) is 8.79. The van der Waals surface area contributed by atoms with Crippen molar-refractivity contribution >= 4 is 22.5 Å². The van der Waals surface area contributed by atoms with Crippen LogP contribution in [0.3, 0.4) is 0 Å². The van der Waals surface area contributed by atoms with Crippen LogP contribution in [0.2, 0.25) is 0 Å². The van der Waals surface area contributed by atoms with E-state index in [4.69, 9.17) is 10.7 Å². The smallest absolute Gasteiger partial charge is 0.220 e. The van der Waals surface area contributed by atoms with E-state index in [0.717, 1.165) is 39.9 Å². The van der Waals surface area contributed by atoms with Crippen molar-refractivity contribution in [3.8, 4) is 0 Å². The first kappa shape index (κ1) is 19.3. The number of hydrogen-bond acceptors (Lipinski definition) is 4.